The highest BCUT2D eigenvalue weighted by atomic mass is 35.5. The van der Waals surface area contributed by atoms with E-state index in [1.807, 2.05) is 0 Å². The van der Waals surface area contributed by atoms with Crippen molar-refractivity contribution in [2.45, 2.75) is 6.92 Å². The standard InChI is InChI=1S/C13H11ClN2O3/c1-9(12-3-2-8-18-12)16-19-13(17)15-11-6-4-10(14)5-7-11/h2-8H,1H3,(H,15,17)/b16-9-. The molecule has 1 aromatic heterocycles. The highest BCUT2D eigenvalue weighted by molar-refractivity contribution is 6.30. The molecule has 2 rings (SSSR count). The molecule has 1 amide bonds. The normalized spacial score (nSPS) is 11.2. The maximum atomic E-state index is 11.5. The van der Waals surface area contributed by atoms with Crippen molar-refractivity contribution < 1.29 is 14.0 Å². The van der Waals surface area contributed by atoms with E-state index in [4.69, 9.17) is 20.9 Å². The Kier molecular flexibility index (Phi) is 4.20. The van der Waals surface area contributed by atoms with Crippen molar-refractivity contribution in [1.82, 2.24) is 0 Å². The highest BCUT2D eigenvalue weighted by Crippen LogP contribution is 2.13. The fourth-order valence-electron chi connectivity index (χ4n) is 1.31. The van der Waals surface area contributed by atoms with E-state index >= 15 is 0 Å². The second-order valence-electron chi connectivity index (χ2n) is 3.66. The number of nitrogens with zero attached hydrogens (tertiary/aromatic N) is 1. The van der Waals surface area contributed by atoms with Crippen LogP contribution in [0, 0.1) is 0 Å². The molecular weight excluding hydrogens is 268 g/mol. The van der Waals surface area contributed by atoms with Crippen molar-refractivity contribution in [3.05, 3.63) is 53.4 Å². The summed E-state index contributed by atoms with van der Waals surface area (Å²) in [5.74, 6) is 0.541. The van der Waals surface area contributed by atoms with Gasteiger partial charge in [-0.25, -0.2) is 4.79 Å². The van der Waals surface area contributed by atoms with E-state index in [0.29, 0.717) is 22.2 Å². The van der Waals surface area contributed by atoms with Crippen LogP contribution in [0.25, 0.3) is 0 Å². The first-order valence-electron chi connectivity index (χ1n) is 5.47. The van der Waals surface area contributed by atoms with Crippen LogP contribution in [-0.4, -0.2) is 11.8 Å². The largest absolute Gasteiger partial charge is 0.463 e. The summed E-state index contributed by atoms with van der Waals surface area (Å²) in [5.41, 5.74) is 1.04. The van der Waals surface area contributed by atoms with Crippen molar-refractivity contribution in [3.8, 4) is 0 Å². The Labute approximate surface area is 114 Å². The van der Waals surface area contributed by atoms with Crippen LogP contribution in [0.1, 0.15) is 12.7 Å². The summed E-state index contributed by atoms with van der Waals surface area (Å²) in [5, 5.41) is 6.77. The van der Waals surface area contributed by atoms with E-state index < -0.39 is 6.09 Å². The number of anilines is 1. The van der Waals surface area contributed by atoms with Gasteiger partial charge in [0, 0.05) is 10.7 Å². The van der Waals surface area contributed by atoms with Gasteiger partial charge in [0.2, 0.25) is 0 Å². The third-order valence-corrected chi connectivity index (χ3v) is 2.49. The molecule has 6 heteroatoms. The molecule has 98 valence electrons. The molecule has 2 aromatic rings. The number of carbonyl (C=O) groups is 1. The molecule has 1 heterocycles. The lowest BCUT2D eigenvalue weighted by Crippen LogP contribution is -2.11. The molecule has 0 fully saturated rings. The second-order valence-corrected chi connectivity index (χ2v) is 4.10. The highest BCUT2D eigenvalue weighted by Gasteiger charge is 2.05. The van der Waals surface area contributed by atoms with Crippen LogP contribution in [-0.2, 0) is 4.84 Å². The third-order valence-electron chi connectivity index (χ3n) is 2.23. The van der Waals surface area contributed by atoms with Crippen LogP contribution in [0.15, 0.2) is 52.2 Å². The summed E-state index contributed by atoms with van der Waals surface area (Å²) in [6, 6.07) is 10.1. The Morgan fingerprint density at radius 3 is 2.68 bits per heavy atom. The van der Waals surface area contributed by atoms with E-state index in [1.165, 1.54) is 6.26 Å². The lowest BCUT2D eigenvalue weighted by Gasteiger charge is -2.02. The van der Waals surface area contributed by atoms with Gasteiger partial charge < -0.3 is 4.42 Å². The maximum Gasteiger partial charge on any atom is 0.437 e. The molecular formula is C13H11ClN2O3. The fraction of sp³-hybridized carbons (Fsp3) is 0.0769. The molecule has 0 radical (unpaired) electrons. The van der Waals surface area contributed by atoms with E-state index in [1.54, 1.807) is 43.3 Å². The number of amides is 1. The minimum Gasteiger partial charge on any atom is -0.463 e. The third kappa shape index (κ3) is 3.86. The number of hydrogen-bond acceptors (Lipinski definition) is 4. The van der Waals surface area contributed by atoms with Gasteiger partial charge >= 0.3 is 6.09 Å². The number of rotatable bonds is 3. The van der Waals surface area contributed by atoms with E-state index in [0.717, 1.165) is 0 Å². The molecule has 0 aliphatic rings. The summed E-state index contributed by atoms with van der Waals surface area (Å²) < 4.78 is 5.10. The SMILES string of the molecule is C/C(=N/OC(=O)Nc1ccc(Cl)cc1)c1ccco1. The van der Waals surface area contributed by atoms with Crippen LogP contribution >= 0.6 is 11.6 Å². The van der Waals surface area contributed by atoms with Gasteiger partial charge in [-0.05, 0) is 43.3 Å². The molecule has 0 unspecified atom stereocenters. The Morgan fingerprint density at radius 1 is 1.32 bits per heavy atom. The lowest BCUT2D eigenvalue weighted by atomic mass is 10.3. The summed E-state index contributed by atoms with van der Waals surface area (Å²) >= 11 is 5.73. The minimum atomic E-state index is -0.687. The summed E-state index contributed by atoms with van der Waals surface area (Å²) in [7, 11) is 0. The molecule has 0 aliphatic carbocycles. The number of hydrogen-bond donors (Lipinski definition) is 1. The molecule has 0 spiro atoms. The molecule has 0 bridgehead atoms. The Morgan fingerprint density at radius 2 is 2.05 bits per heavy atom. The van der Waals surface area contributed by atoms with Crippen LogP contribution in [0.2, 0.25) is 5.02 Å². The molecule has 0 atom stereocenters. The Bertz CT molecular complexity index is 576. The van der Waals surface area contributed by atoms with Gasteiger partial charge in [-0.1, -0.05) is 16.8 Å². The topological polar surface area (TPSA) is 63.8 Å². The van der Waals surface area contributed by atoms with E-state index in [-0.39, 0.29) is 0 Å². The van der Waals surface area contributed by atoms with Crippen LogP contribution in [0.3, 0.4) is 0 Å². The number of halogens is 1. The molecule has 1 aromatic carbocycles. The van der Waals surface area contributed by atoms with Gasteiger partial charge in [0.1, 0.15) is 5.71 Å². The first kappa shape index (κ1) is 13.2. The molecule has 19 heavy (non-hydrogen) atoms. The quantitative estimate of drug-likeness (QED) is 0.526. The zero-order valence-electron chi connectivity index (χ0n) is 10.1. The number of carbonyl (C=O) groups excluding carboxylic acids is 1. The average molecular weight is 279 g/mol. The lowest BCUT2D eigenvalue weighted by molar-refractivity contribution is 0.166. The average Bonchev–Trinajstić information content (AvgIpc) is 2.93. The molecule has 0 saturated carbocycles. The first-order chi connectivity index (χ1) is 9.15. The van der Waals surface area contributed by atoms with Gasteiger partial charge in [-0.15, -0.1) is 0 Å². The zero-order valence-corrected chi connectivity index (χ0v) is 10.8. The van der Waals surface area contributed by atoms with Crippen molar-refractivity contribution in [2.75, 3.05) is 5.32 Å². The molecule has 1 N–H and O–H groups in total. The van der Waals surface area contributed by atoms with Gasteiger partial charge in [-0.2, -0.15) is 0 Å². The van der Waals surface area contributed by atoms with Gasteiger partial charge in [0.25, 0.3) is 0 Å². The van der Waals surface area contributed by atoms with Crippen molar-refractivity contribution >= 4 is 29.1 Å². The summed E-state index contributed by atoms with van der Waals surface area (Å²) in [6.45, 7) is 1.68. The number of oxime groups is 1. The number of furan rings is 1. The van der Waals surface area contributed by atoms with Gasteiger partial charge in [0.15, 0.2) is 5.76 Å². The van der Waals surface area contributed by atoms with Gasteiger partial charge in [0.05, 0.1) is 6.26 Å². The van der Waals surface area contributed by atoms with E-state index in [2.05, 4.69) is 10.5 Å². The summed E-state index contributed by atoms with van der Waals surface area (Å²) in [4.78, 5) is 16.2. The van der Waals surface area contributed by atoms with Crippen molar-refractivity contribution in [1.29, 1.82) is 0 Å². The van der Waals surface area contributed by atoms with Crippen LogP contribution in [0.5, 0.6) is 0 Å². The Hall–Kier alpha value is -2.27. The zero-order chi connectivity index (χ0) is 13.7. The second kappa shape index (κ2) is 6.06. The van der Waals surface area contributed by atoms with E-state index in [9.17, 15) is 4.79 Å². The number of benzene rings is 1. The Balaban J connectivity index is 1.91. The molecule has 5 nitrogen and oxygen atoms in total. The van der Waals surface area contributed by atoms with Crippen molar-refractivity contribution in [2.24, 2.45) is 5.16 Å². The molecule has 0 saturated heterocycles. The van der Waals surface area contributed by atoms with Crippen LogP contribution in [0.4, 0.5) is 10.5 Å². The summed E-state index contributed by atoms with van der Waals surface area (Å²) in [6.07, 6.45) is 0.829. The number of nitrogens with one attached hydrogen (secondary N) is 1. The predicted octanol–water partition coefficient (Wildman–Crippen LogP) is 3.91. The van der Waals surface area contributed by atoms with Crippen LogP contribution < -0.4 is 5.32 Å². The smallest absolute Gasteiger partial charge is 0.437 e. The molecule has 0 aliphatic heterocycles. The monoisotopic (exact) mass is 278 g/mol. The predicted molar refractivity (Wildman–Crippen MR) is 72.5 cm³/mol. The fourth-order valence-corrected chi connectivity index (χ4v) is 1.44. The van der Waals surface area contributed by atoms with Crippen molar-refractivity contribution in [3.63, 3.8) is 0 Å². The minimum absolute atomic E-state index is 0.469. The van der Waals surface area contributed by atoms with Gasteiger partial charge in [-0.3, -0.25) is 10.2 Å². The maximum absolute atomic E-state index is 11.5. The first-order valence-corrected chi connectivity index (χ1v) is 5.85.